The Balaban J connectivity index is 1.68. The van der Waals surface area contributed by atoms with Gasteiger partial charge in [0.2, 0.25) is 0 Å². The lowest BCUT2D eigenvalue weighted by Crippen LogP contribution is -2.20. The number of thiophene rings is 1. The van der Waals surface area contributed by atoms with Crippen LogP contribution in [-0.2, 0) is 14.8 Å². The van der Waals surface area contributed by atoms with Gasteiger partial charge in [-0.25, -0.2) is 13.2 Å². The number of carbonyl (C=O) groups excluding carboxylic acids is 1. The fourth-order valence-corrected chi connectivity index (χ4v) is 5.16. The topological polar surface area (TPSA) is 96.5 Å². The Kier molecular flexibility index (Phi) is 7.63. The van der Waals surface area contributed by atoms with Gasteiger partial charge >= 0.3 is 5.97 Å². The summed E-state index contributed by atoms with van der Waals surface area (Å²) in [5, 5.41) is 7.27. The van der Waals surface area contributed by atoms with Gasteiger partial charge in [-0.15, -0.1) is 11.3 Å². The molecular formula is C20H17Cl2N3O4S3. The van der Waals surface area contributed by atoms with E-state index in [1.165, 1.54) is 48.8 Å². The molecular weight excluding hydrogens is 513 g/mol. The van der Waals surface area contributed by atoms with Gasteiger partial charge in [-0.05, 0) is 67.7 Å². The van der Waals surface area contributed by atoms with Crippen molar-refractivity contribution in [2.24, 2.45) is 0 Å². The van der Waals surface area contributed by atoms with Gasteiger partial charge in [0, 0.05) is 10.6 Å². The van der Waals surface area contributed by atoms with E-state index in [1.807, 2.05) is 6.92 Å². The number of carbonyl (C=O) groups is 1. The molecule has 3 aromatic rings. The standard InChI is InChI=1S/C20H17Cl2N3O4S3/c1-11-9-15(19(26)29-2)18(31-11)24-20(30)23-12-3-6-14(7-4-12)32(27,28)25-13-5-8-16(21)17(22)10-13/h3-10,25H,1-2H3,(H2,23,24,30). The number of anilines is 3. The number of nitrogens with one attached hydrogen (secondary N) is 3. The molecule has 3 rings (SSSR count). The van der Waals surface area contributed by atoms with Crippen LogP contribution in [-0.4, -0.2) is 26.6 Å². The molecule has 0 aliphatic heterocycles. The van der Waals surface area contributed by atoms with Gasteiger partial charge in [-0.2, -0.15) is 0 Å². The zero-order chi connectivity index (χ0) is 23.5. The van der Waals surface area contributed by atoms with Crippen LogP contribution in [0.15, 0.2) is 53.4 Å². The number of hydrogen-bond donors (Lipinski definition) is 3. The predicted molar refractivity (Wildman–Crippen MR) is 134 cm³/mol. The van der Waals surface area contributed by atoms with E-state index in [1.54, 1.807) is 18.2 Å². The largest absolute Gasteiger partial charge is 0.465 e. The summed E-state index contributed by atoms with van der Waals surface area (Å²) < 4.78 is 32.5. The Morgan fingerprint density at radius 3 is 2.28 bits per heavy atom. The molecule has 0 aliphatic rings. The molecule has 7 nitrogen and oxygen atoms in total. The number of aryl methyl sites for hydroxylation is 1. The number of hydrogen-bond acceptors (Lipinski definition) is 6. The molecule has 0 bridgehead atoms. The van der Waals surface area contributed by atoms with E-state index in [-0.39, 0.29) is 15.0 Å². The lowest BCUT2D eigenvalue weighted by Gasteiger charge is -2.12. The first kappa shape index (κ1) is 24.3. The van der Waals surface area contributed by atoms with Crippen molar-refractivity contribution in [3.63, 3.8) is 0 Å². The molecule has 0 fully saturated rings. The maximum Gasteiger partial charge on any atom is 0.340 e. The van der Waals surface area contributed by atoms with Gasteiger partial charge in [0.05, 0.1) is 33.3 Å². The molecule has 32 heavy (non-hydrogen) atoms. The molecule has 1 aromatic heterocycles. The summed E-state index contributed by atoms with van der Waals surface area (Å²) in [7, 11) is -2.52. The molecule has 0 saturated heterocycles. The van der Waals surface area contributed by atoms with Crippen LogP contribution in [0.4, 0.5) is 16.4 Å². The van der Waals surface area contributed by atoms with Crippen LogP contribution in [0.5, 0.6) is 0 Å². The molecule has 0 unspecified atom stereocenters. The number of rotatable bonds is 6. The maximum absolute atomic E-state index is 12.6. The summed E-state index contributed by atoms with van der Waals surface area (Å²) in [6, 6.07) is 12.2. The van der Waals surface area contributed by atoms with Crippen molar-refractivity contribution in [2.75, 3.05) is 22.5 Å². The monoisotopic (exact) mass is 529 g/mol. The lowest BCUT2D eigenvalue weighted by molar-refractivity contribution is 0.0602. The molecule has 0 radical (unpaired) electrons. The third-order valence-electron chi connectivity index (χ3n) is 4.08. The van der Waals surface area contributed by atoms with E-state index in [0.717, 1.165) is 4.88 Å². The molecule has 0 atom stereocenters. The molecule has 0 aliphatic carbocycles. The van der Waals surface area contributed by atoms with Crippen LogP contribution in [0.2, 0.25) is 10.0 Å². The van der Waals surface area contributed by atoms with Crippen LogP contribution >= 0.6 is 46.8 Å². The van der Waals surface area contributed by atoms with Gasteiger partial charge in [0.1, 0.15) is 5.00 Å². The van der Waals surface area contributed by atoms with Crippen LogP contribution < -0.4 is 15.4 Å². The van der Waals surface area contributed by atoms with Crippen LogP contribution in [0.25, 0.3) is 0 Å². The Bertz CT molecular complexity index is 1280. The van der Waals surface area contributed by atoms with Crippen molar-refractivity contribution in [3.8, 4) is 0 Å². The number of esters is 1. The van der Waals surface area contributed by atoms with Crippen molar-refractivity contribution >= 4 is 84.2 Å². The Hall–Kier alpha value is -2.37. The molecule has 2 aromatic carbocycles. The number of thiocarbonyl (C=S) groups is 1. The Morgan fingerprint density at radius 1 is 1.00 bits per heavy atom. The number of sulfonamides is 1. The first-order valence-corrected chi connectivity index (χ1v) is 12.4. The summed E-state index contributed by atoms with van der Waals surface area (Å²) >= 11 is 18.5. The minimum Gasteiger partial charge on any atom is -0.465 e. The highest BCUT2D eigenvalue weighted by molar-refractivity contribution is 7.92. The van der Waals surface area contributed by atoms with E-state index in [4.69, 9.17) is 40.2 Å². The minimum absolute atomic E-state index is 0.0508. The van der Waals surface area contributed by atoms with E-state index >= 15 is 0 Å². The highest BCUT2D eigenvalue weighted by atomic mass is 35.5. The molecule has 0 spiro atoms. The maximum atomic E-state index is 12.6. The quantitative estimate of drug-likeness (QED) is 0.276. The van der Waals surface area contributed by atoms with Crippen molar-refractivity contribution < 1.29 is 17.9 Å². The smallest absolute Gasteiger partial charge is 0.340 e. The van der Waals surface area contributed by atoms with E-state index < -0.39 is 16.0 Å². The molecule has 12 heteroatoms. The highest BCUT2D eigenvalue weighted by Crippen LogP contribution is 2.29. The summed E-state index contributed by atoms with van der Waals surface area (Å²) in [4.78, 5) is 12.9. The molecule has 3 N–H and O–H groups in total. The van der Waals surface area contributed by atoms with Crippen molar-refractivity contribution in [1.82, 2.24) is 0 Å². The Morgan fingerprint density at radius 2 is 1.66 bits per heavy atom. The molecule has 1 heterocycles. The molecule has 168 valence electrons. The number of benzene rings is 2. The fraction of sp³-hybridized carbons (Fsp3) is 0.100. The summed E-state index contributed by atoms with van der Waals surface area (Å²) in [5.41, 5.74) is 1.23. The number of methoxy groups -OCH3 is 1. The van der Waals surface area contributed by atoms with Crippen molar-refractivity contribution in [3.05, 3.63) is 69.0 Å². The van der Waals surface area contributed by atoms with Gasteiger partial charge in [-0.3, -0.25) is 4.72 Å². The zero-order valence-electron chi connectivity index (χ0n) is 16.7. The van der Waals surface area contributed by atoms with Crippen LogP contribution in [0.3, 0.4) is 0 Å². The SMILES string of the molecule is COC(=O)c1cc(C)sc1NC(=S)Nc1ccc(S(=O)(=O)Nc2ccc(Cl)c(Cl)c2)cc1. The Labute approximate surface area is 204 Å². The second-order valence-corrected chi connectivity index (χ2v) is 10.6. The summed E-state index contributed by atoms with van der Waals surface area (Å²) in [6.07, 6.45) is 0. The van der Waals surface area contributed by atoms with Gasteiger partial charge in [-0.1, -0.05) is 23.2 Å². The van der Waals surface area contributed by atoms with Gasteiger partial charge < -0.3 is 15.4 Å². The fourth-order valence-electron chi connectivity index (χ4n) is 2.63. The lowest BCUT2D eigenvalue weighted by atomic mass is 10.3. The normalized spacial score (nSPS) is 11.0. The van der Waals surface area contributed by atoms with E-state index in [0.29, 0.717) is 27.0 Å². The zero-order valence-corrected chi connectivity index (χ0v) is 20.7. The number of halogens is 2. The van der Waals surface area contributed by atoms with Crippen LogP contribution in [0, 0.1) is 6.92 Å². The first-order chi connectivity index (χ1) is 15.1. The van der Waals surface area contributed by atoms with E-state index in [2.05, 4.69) is 15.4 Å². The number of ether oxygens (including phenoxy) is 1. The summed E-state index contributed by atoms with van der Waals surface area (Å²) in [6.45, 7) is 1.87. The average Bonchev–Trinajstić information content (AvgIpc) is 3.10. The van der Waals surface area contributed by atoms with Gasteiger partial charge in [0.15, 0.2) is 5.11 Å². The third kappa shape index (κ3) is 5.90. The summed E-state index contributed by atoms with van der Waals surface area (Å²) in [5.74, 6) is -0.469. The van der Waals surface area contributed by atoms with Gasteiger partial charge in [0.25, 0.3) is 10.0 Å². The first-order valence-electron chi connectivity index (χ1n) is 8.94. The molecule has 0 amide bonds. The predicted octanol–water partition coefficient (Wildman–Crippen LogP) is 5.76. The van der Waals surface area contributed by atoms with E-state index in [9.17, 15) is 13.2 Å². The third-order valence-corrected chi connectivity index (χ3v) is 7.39. The molecule has 0 saturated carbocycles. The second kappa shape index (κ2) is 10.1. The minimum atomic E-state index is -3.83. The average molecular weight is 530 g/mol. The van der Waals surface area contributed by atoms with Crippen molar-refractivity contribution in [1.29, 1.82) is 0 Å². The van der Waals surface area contributed by atoms with Crippen LogP contribution in [0.1, 0.15) is 15.2 Å². The second-order valence-electron chi connectivity index (χ2n) is 6.43. The highest BCUT2D eigenvalue weighted by Gasteiger charge is 2.17. The van der Waals surface area contributed by atoms with Crippen molar-refractivity contribution in [2.45, 2.75) is 11.8 Å².